The topological polar surface area (TPSA) is 23.8 Å². The predicted molar refractivity (Wildman–Crippen MR) is 89.5 cm³/mol. The molecule has 96 valence electrons. The second-order valence-corrected chi connectivity index (χ2v) is 6.87. The van der Waals surface area contributed by atoms with Gasteiger partial charge >= 0.3 is 0 Å². The van der Waals surface area contributed by atoms with Crippen LogP contribution < -0.4 is 0 Å². The van der Waals surface area contributed by atoms with E-state index in [-0.39, 0.29) is 0 Å². The van der Waals surface area contributed by atoms with Crippen LogP contribution in [0, 0.1) is 11.3 Å². The third kappa shape index (κ3) is 2.67. The number of fused-ring (bicyclic) bond motifs is 1. The van der Waals surface area contributed by atoms with Gasteiger partial charge in [-0.1, -0.05) is 36.4 Å². The highest BCUT2D eigenvalue weighted by molar-refractivity contribution is 9.11. The van der Waals surface area contributed by atoms with Crippen LogP contribution in [0.25, 0.3) is 22.4 Å². The van der Waals surface area contributed by atoms with Crippen molar-refractivity contribution < 1.29 is 0 Å². The minimum atomic E-state index is 0.685. The van der Waals surface area contributed by atoms with Gasteiger partial charge < -0.3 is 0 Å². The molecule has 3 heteroatoms. The lowest BCUT2D eigenvalue weighted by Gasteiger charge is -2.02. The smallest absolute Gasteiger partial charge is 0.0998 e. The largest absolute Gasteiger partial charge is 0.192 e. The minimum absolute atomic E-state index is 0.685. The quantitative estimate of drug-likeness (QED) is 0.547. The van der Waals surface area contributed by atoms with Crippen LogP contribution >= 0.6 is 27.3 Å². The molecule has 3 rings (SSSR count). The van der Waals surface area contributed by atoms with E-state index in [1.165, 1.54) is 5.39 Å². The average Bonchev–Trinajstić information content (AvgIpc) is 2.89. The molecule has 0 aliphatic carbocycles. The lowest BCUT2D eigenvalue weighted by molar-refractivity contribution is 1.53. The van der Waals surface area contributed by atoms with E-state index in [2.05, 4.69) is 46.3 Å². The third-order valence-electron chi connectivity index (χ3n) is 3.06. The summed E-state index contributed by atoms with van der Waals surface area (Å²) in [6.45, 7) is 0. The second-order valence-electron chi connectivity index (χ2n) is 4.37. The summed E-state index contributed by atoms with van der Waals surface area (Å²) in [6.07, 6.45) is 1.93. The van der Waals surface area contributed by atoms with Crippen molar-refractivity contribution in [3.63, 3.8) is 0 Å². The number of nitrogens with zero attached hydrogens (tertiary/aromatic N) is 1. The molecular weight excluding hydrogens is 330 g/mol. The first-order valence-corrected chi connectivity index (χ1v) is 7.73. The Kier molecular flexibility index (Phi) is 3.68. The van der Waals surface area contributed by atoms with Gasteiger partial charge in [0.15, 0.2) is 0 Å². The van der Waals surface area contributed by atoms with Gasteiger partial charge in [-0.05, 0) is 56.5 Å². The van der Waals surface area contributed by atoms with Crippen molar-refractivity contribution >= 4 is 49.7 Å². The molecule has 0 fully saturated rings. The number of hydrogen-bond acceptors (Lipinski definition) is 2. The van der Waals surface area contributed by atoms with Gasteiger partial charge in [-0.25, -0.2) is 0 Å². The van der Waals surface area contributed by atoms with Gasteiger partial charge in [0.25, 0.3) is 0 Å². The number of thiophene rings is 1. The molecule has 1 nitrogen and oxygen atoms in total. The second kappa shape index (κ2) is 5.62. The molecule has 1 heterocycles. The maximum Gasteiger partial charge on any atom is 0.0998 e. The van der Waals surface area contributed by atoms with Gasteiger partial charge in [0.1, 0.15) is 0 Å². The minimum Gasteiger partial charge on any atom is -0.192 e. The van der Waals surface area contributed by atoms with E-state index in [4.69, 9.17) is 0 Å². The molecule has 0 aliphatic rings. The Morgan fingerprint density at radius 3 is 2.55 bits per heavy atom. The van der Waals surface area contributed by atoms with Crippen molar-refractivity contribution in [3.05, 3.63) is 68.8 Å². The third-order valence-corrected chi connectivity index (χ3v) is 4.63. The van der Waals surface area contributed by atoms with Crippen molar-refractivity contribution in [3.8, 4) is 6.07 Å². The van der Waals surface area contributed by atoms with Crippen LogP contribution in [0.1, 0.15) is 10.4 Å². The fourth-order valence-corrected chi connectivity index (χ4v) is 3.45. The molecule has 20 heavy (non-hydrogen) atoms. The van der Waals surface area contributed by atoms with E-state index in [9.17, 15) is 5.26 Å². The molecular formula is C17H10BrNS. The molecule has 3 aromatic rings. The summed E-state index contributed by atoms with van der Waals surface area (Å²) in [5.41, 5.74) is 1.64. The maximum absolute atomic E-state index is 9.39. The first-order chi connectivity index (χ1) is 9.76. The van der Waals surface area contributed by atoms with Crippen LogP contribution in [0.3, 0.4) is 0 Å². The van der Waals surface area contributed by atoms with E-state index in [0.717, 1.165) is 19.6 Å². The Bertz CT molecular complexity index is 839. The average molecular weight is 340 g/mol. The van der Waals surface area contributed by atoms with Crippen LogP contribution in [0.2, 0.25) is 0 Å². The number of halogens is 1. The molecule has 0 atom stereocenters. The van der Waals surface area contributed by atoms with Crippen LogP contribution in [0.4, 0.5) is 0 Å². The highest BCUT2D eigenvalue weighted by Crippen LogP contribution is 2.27. The number of allylic oxidation sites excluding steroid dienone is 1. The van der Waals surface area contributed by atoms with Crippen molar-refractivity contribution in [1.29, 1.82) is 5.26 Å². The molecule has 0 radical (unpaired) electrons. The van der Waals surface area contributed by atoms with Gasteiger partial charge in [0.2, 0.25) is 0 Å². The molecule has 0 N–H and O–H groups in total. The van der Waals surface area contributed by atoms with Gasteiger partial charge in [0.05, 0.1) is 15.4 Å². The van der Waals surface area contributed by atoms with Crippen molar-refractivity contribution in [2.75, 3.05) is 0 Å². The summed E-state index contributed by atoms with van der Waals surface area (Å²) in [6, 6.07) is 20.6. The fraction of sp³-hybridized carbons (Fsp3) is 0. The maximum atomic E-state index is 9.39. The van der Waals surface area contributed by atoms with Crippen LogP contribution in [0.5, 0.6) is 0 Å². The molecule has 0 amide bonds. The van der Waals surface area contributed by atoms with Crippen molar-refractivity contribution in [2.45, 2.75) is 0 Å². The molecule has 0 unspecified atom stereocenters. The zero-order valence-electron chi connectivity index (χ0n) is 10.5. The molecule has 2 aromatic carbocycles. The highest BCUT2D eigenvalue weighted by atomic mass is 79.9. The molecule has 0 spiro atoms. The standard InChI is InChI=1S/C17H10BrNS/c18-17-8-7-16(20-17)10-15(11-19)14-6-5-12-3-1-2-4-13(12)9-14/h1-10H/b15-10-. The van der Waals surface area contributed by atoms with E-state index in [0.29, 0.717) is 5.57 Å². The summed E-state index contributed by atoms with van der Waals surface area (Å²) in [5.74, 6) is 0. The normalized spacial score (nSPS) is 11.5. The Hall–Kier alpha value is -1.89. The van der Waals surface area contributed by atoms with E-state index < -0.39 is 0 Å². The lowest BCUT2D eigenvalue weighted by Crippen LogP contribution is -1.82. The van der Waals surface area contributed by atoms with Gasteiger partial charge in [0, 0.05) is 4.88 Å². The highest BCUT2D eigenvalue weighted by Gasteiger charge is 2.04. The molecule has 1 aromatic heterocycles. The van der Waals surface area contributed by atoms with Crippen LogP contribution in [0.15, 0.2) is 58.4 Å². The SMILES string of the molecule is N#C/C(=C/c1ccc(Br)s1)c1ccc2ccccc2c1. The monoisotopic (exact) mass is 339 g/mol. The van der Waals surface area contributed by atoms with Crippen LogP contribution in [-0.4, -0.2) is 0 Å². The molecule has 0 aliphatic heterocycles. The number of benzene rings is 2. The first-order valence-electron chi connectivity index (χ1n) is 6.12. The Morgan fingerprint density at radius 1 is 1.05 bits per heavy atom. The Balaban J connectivity index is 2.07. The Morgan fingerprint density at radius 2 is 1.85 bits per heavy atom. The van der Waals surface area contributed by atoms with E-state index in [1.807, 2.05) is 36.4 Å². The van der Waals surface area contributed by atoms with Gasteiger partial charge in [-0.15, -0.1) is 11.3 Å². The summed E-state index contributed by atoms with van der Waals surface area (Å²) < 4.78 is 1.07. The summed E-state index contributed by atoms with van der Waals surface area (Å²) in [5, 5.41) is 11.7. The molecule has 0 saturated heterocycles. The first kappa shape index (κ1) is 13.1. The number of hydrogen-bond donors (Lipinski definition) is 0. The summed E-state index contributed by atoms with van der Waals surface area (Å²) >= 11 is 5.06. The summed E-state index contributed by atoms with van der Waals surface area (Å²) in [4.78, 5) is 1.07. The van der Waals surface area contributed by atoms with Crippen molar-refractivity contribution in [2.24, 2.45) is 0 Å². The van der Waals surface area contributed by atoms with Gasteiger partial charge in [-0.2, -0.15) is 5.26 Å². The number of rotatable bonds is 2. The van der Waals surface area contributed by atoms with Gasteiger partial charge in [-0.3, -0.25) is 0 Å². The summed E-state index contributed by atoms with van der Waals surface area (Å²) in [7, 11) is 0. The van der Waals surface area contributed by atoms with Crippen molar-refractivity contribution in [1.82, 2.24) is 0 Å². The van der Waals surface area contributed by atoms with E-state index in [1.54, 1.807) is 11.3 Å². The zero-order valence-corrected chi connectivity index (χ0v) is 12.9. The molecule has 0 bridgehead atoms. The predicted octanol–water partition coefficient (Wildman–Crippen LogP) is 5.73. The van der Waals surface area contributed by atoms with E-state index >= 15 is 0 Å². The van der Waals surface area contributed by atoms with Crippen LogP contribution in [-0.2, 0) is 0 Å². The number of nitriles is 1. The zero-order chi connectivity index (χ0) is 13.9. The Labute approximate surface area is 129 Å². The molecule has 0 saturated carbocycles. The fourth-order valence-electron chi connectivity index (χ4n) is 2.09. The lowest BCUT2D eigenvalue weighted by atomic mass is 10.0.